The second-order valence-electron chi connectivity index (χ2n) is 3.39. The Hall–Kier alpha value is -0.830. The van der Waals surface area contributed by atoms with Crippen molar-refractivity contribution in [2.45, 2.75) is 45.3 Å². The van der Waals surface area contributed by atoms with E-state index in [0.717, 1.165) is 32.2 Å². The summed E-state index contributed by atoms with van der Waals surface area (Å²) >= 11 is 0. The number of imidazole rings is 1. The summed E-state index contributed by atoms with van der Waals surface area (Å²) in [4.78, 5) is 3.94. The van der Waals surface area contributed by atoms with Gasteiger partial charge in [-0.25, -0.2) is 4.98 Å². The van der Waals surface area contributed by atoms with Crippen LogP contribution in [0.5, 0.6) is 0 Å². The quantitative estimate of drug-likeness (QED) is 0.728. The van der Waals surface area contributed by atoms with E-state index in [0.29, 0.717) is 0 Å². The summed E-state index contributed by atoms with van der Waals surface area (Å²) in [6.07, 6.45) is 9.34. The van der Waals surface area contributed by atoms with Crippen LogP contribution in [-0.2, 0) is 6.54 Å². The van der Waals surface area contributed by atoms with Gasteiger partial charge in [-0.2, -0.15) is 0 Å². The average molecular weight is 182 g/mol. The Balaban J connectivity index is 2.11. The van der Waals surface area contributed by atoms with Gasteiger partial charge in [0.05, 0.1) is 12.4 Å². The maximum Gasteiger partial charge on any atom is 0.0945 e. The molecule has 0 aliphatic carbocycles. The largest absolute Gasteiger partial charge is 0.393 e. The van der Waals surface area contributed by atoms with Gasteiger partial charge in [0.2, 0.25) is 0 Å². The fourth-order valence-electron chi connectivity index (χ4n) is 1.30. The molecular weight excluding hydrogens is 164 g/mol. The molecule has 0 bridgehead atoms. The third-order valence-electron chi connectivity index (χ3n) is 2.17. The SMILES string of the molecule is CCCCC(O)CCn1ccnc1. The Morgan fingerprint density at radius 2 is 2.31 bits per heavy atom. The number of unbranched alkanes of at least 4 members (excludes halogenated alkanes) is 1. The predicted octanol–water partition coefficient (Wildman–Crippen LogP) is 1.82. The van der Waals surface area contributed by atoms with E-state index in [1.54, 1.807) is 12.5 Å². The highest BCUT2D eigenvalue weighted by molar-refractivity contribution is 4.74. The van der Waals surface area contributed by atoms with E-state index in [-0.39, 0.29) is 6.10 Å². The van der Waals surface area contributed by atoms with E-state index >= 15 is 0 Å². The molecule has 1 unspecified atom stereocenters. The van der Waals surface area contributed by atoms with E-state index in [1.165, 1.54) is 0 Å². The molecule has 3 heteroatoms. The smallest absolute Gasteiger partial charge is 0.0945 e. The first-order valence-corrected chi connectivity index (χ1v) is 4.96. The molecule has 0 spiro atoms. The number of aromatic nitrogens is 2. The van der Waals surface area contributed by atoms with Crippen molar-refractivity contribution < 1.29 is 5.11 Å². The van der Waals surface area contributed by atoms with Crippen molar-refractivity contribution in [3.05, 3.63) is 18.7 Å². The maximum atomic E-state index is 9.55. The Bertz CT molecular complexity index is 209. The minimum atomic E-state index is -0.151. The molecule has 13 heavy (non-hydrogen) atoms. The van der Waals surface area contributed by atoms with Crippen LogP contribution < -0.4 is 0 Å². The third kappa shape index (κ3) is 4.08. The van der Waals surface area contributed by atoms with Gasteiger partial charge in [-0.05, 0) is 12.8 Å². The van der Waals surface area contributed by atoms with Gasteiger partial charge >= 0.3 is 0 Å². The van der Waals surface area contributed by atoms with Crippen molar-refractivity contribution in [2.75, 3.05) is 0 Å². The fourth-order valence-corrected chi connectivity index (χ4v) is 1.30. The van der Waals surface area contributed by atoms with Crippen LogP contribution in [0.2, 0.25) is 0 Å². The lowest BCUT2D eigenvalue weighted by atomic mass is 10.1. The van der Waals surface area contributed by atoms with Crippen LogP contribution in [0.4, 0.5) is 0 Å². The lowest BCUT2D eigenvalue weighted by Gasteiger charge is -2.09. The lowest BCUT2D eigenvalue weighted by molar-refractivity contribution is 0.146. The summed E-state index contributed by atoms with van der Waals surface area (Å²) in [5.74, 6) is 0. The molecule has 1 atom stereocenters. The van der Waals surface area contributed by atoms with Crippen LogP contribution in [0.15, 0.2) is 18.7 Å². The van der Waals surface area contributed by atoms with Crippen molar-refractivity contribution in [1.82, 2.24) is 9.55 Å². The van der Waals surface area contributed by atoms with E-state index < -0.39 is 0 Å². The second kappa shape index (κ2) is 5.75. The molecule has 0 radical (unpaired) electrons. The molecule has 3 nitrogen and oxygen atoms in total. The third-order valence-corrected chi connectivity index (χ3v) is 2.17. The number of nitrogens with zero attached hydrogens (tertiary/aromatic N) is 2. The number of aryl methyl sites for hydroxylation is 1. The van der Waals surface area contributed by atoms with Crippen molar-refractivity contribution in [2.24, 2.45) is 0 Å². The number of hydrogen-bond acceptors (Lipinski definition) is 2. The van der Waals surface area contributed by atoms with Gasteiger partial charge in [0.1, 0.15) is 0 Å². The van der Waals surface area contributed by atoms with Gasteiger partial charge in [-0.3, -0.25) is 0 Å². The normalized spacial score (nSPS) is 13.1. The molecule has 0 fully saturated rings. The molecule has 74 valence electrons. The standard InChI is InChI=1S/C10H18N2O/c1-2-3-4-10(13)5-7-12-8-6-11-9-12/h6,8-10,13H,2-5,7H2,1H3. The Morgan fingerprint density at radius 1 is 1.46 bits per heavy atom. The number of aliphatic hydroxyl groups is 1. The summed E-state index contributed by atoms with van der Waals surface area (Å²) in [5.41, 5.74) is 0. The predicted molar refractivity (Wildman–Crippen MR) is 52.4 cm³/mol. The monoisotopic (exact) mass is 182 g/mol. The summed E-state index contributed by atoms with van der Waals surface area (Å²) < 4.78 is 2.00. The highest BCUT2D eigenvalue weighted by atomic mass is 16.3. The molecule has 0 aromatic carbocycles. The van der Waals surface area contributed by atoms with Gasteiger partial charge < -0.3 is 9.67 Å². The lowest BCUT2D eigenvalue weighted by Crippen LogP contribution is -2.10. The highest BCUT2D eigenvalue weighted by Crippen LogP contribution is 2.05. The highest BCUT2D eigenvalue weighted by Gasteiger charge is 2.02. The maximum absolute atomic E-state index is 9.55. The molecule has 1 heterocycles. The van der Waals surface area contributed by atoms with E-state index in [4.69, 9.17) is 0 Å². The van der Waals surface area contributed by atoms with E-state index in [9.17, 15) is 5.11 Å². The van der Waals surface area contributed by atoms with Crippen molar-refractivity contribution in [1.29, 1.82) is 0 Å². The molecule has 0 aliphatic rings. The topological polar surface area (TPSA) is 38.0 Å². The van der Waals surface area contributed by atoms with Crippen LogP contribution in [0.3, 0.4) is 0 Å². The summed E-state index contributed by atoms with van der Waals surface area (Å²) in [7, 11) is 0. The number of hydrogen-bond donors (Lipinski definition) is 1. The molecule has 1 N–H and O–H groups in total. The van der Waals surface area contributed by atoms with Gasteiger partial charge in [0.25, 0.3) is 0 Å². The van der Waals surface area contributed by atoms with Gasteiger partial charge in [0, 0.05) is 18.9 Å². The van der Waals surface area contributed by atoms with Crippen LogP contribution in [0.25, 0.3) is 0 Å². The van der Waals surface area contributed by atoms with Gasteiger partial charge in [-0.15, -0.1) is 0 Å². The minimum Gasteiger partial charge on any atom is -0.393 e. The van der Waals surface area contributed by atoms with Crippen molar-refractivity contribution in [3.63, 3.8) is 0 Å². The zero-order valence-electron chi connectivity index (χ0n) is 8.19. The molecule has 1 aromatic rings. The minimum absolute atomic E-state index is 0.151. The van der Waals surface area contributed by atoms with Crippen LogP contribution in [0, 0.1) is 0 Å². The number of rotatable bonds is 6. The number of aliphatic hydroxyl groups excluding tert-OH is 1. The average Bonchev–Trinajstić information content (AvgIpc) is 2.64. The fraction of sp³-hybridized carbons (Fsp3) is 0.700. The van der Waals surface area contributed by atoms with Crippen molar-refractivity contribution in [3.8, 4) is 0 Å². The molecule has 0 aliphatic heterocycles. The molecular formula is C10H18N2O. The Kier molecular flexibility index (Phi) is 4.54. The first-order chi connectivity index (χ1) is 6.33. The molecule has 0 amide bonds. The molecule has 1 rings (SSSR count). The van der Waals surface area contributed by atoms with E-state index in [2.05, 4.69) is 11.9 Å². The van der Waals surface area contributed by atoms with Crippen LogP contribution >= 0.6 is 0 Å². The zero-order valence-corrected chi connectivity index (χ0v) is 8.19. The van der Waals surface area contributed by atoms with Gasteiger partial charge in [-0.1, -0.05) is 19.8 Å². The summed E-state index contributed by atoms with van der Waals surface area (Å²) in [6, 6.07) is 0. The second-order valence-corrected chi connectivity index (χ2v) is 3.39. The zero-order chi connectivity index (χ0) is 9.52. The van der Waals surface area contributed by atoms with E-state index in [1.807, 2.05) is 10.8 Å². The van der Waals surface area contributed by atoms with Crippen LogP contribution in [-0.4, -0.2) is 20.8 Å². The molecule has 0 saturated heterocycles. The van der Waals surface area contributed by atoms with Crippen molar-refractivity contribution >= 4 is 0 Å². The molecule has 0 saturated carbocycles. The first-order valence-electron chi connectivity index (χ1n) is 4.96. The van der Waals surface area contributed by atoms with Gasteiger partial charge in [0.15, 0.2) is 0 Å². The summed E-state index contributed by atoms with van der Waals surface area (Å²) in [5, 5.41) is 9.55. The first kappa shape index (κ1) is 10.3. The van der Waals surface area contributed by atoms with Crippen LogP contribution in [0.1, 0.15) is 32.6 Å². The Morgan fingerprint density at radius 3 is 2.92 bits per heavy atom. The Labute approximate surface area is 79.4 Å². The summed E-state index contributed by atoms with van der Waals surface area (Å²) in [6.45, 7) is 3.01. The molecule has 1 aromatic heterocycles.